The van der Waals surface area contributed by atoms with E-state index in [1.54, 1.807) is 19.5 Å². The van der Waals surface area contributed by atoms with Gasteiger partial charge in [-0.25, -0.2) is 0 Å². The van der Waals surface area contributed by atoms with E-state index in [4.69, 9.17) is 10.5 Å². The van der Waals surface area contributed by atoms with E-state index in [0.29, 0.717) is 0 Å². The highest BCUT2D eigenvalue weighted by atomic mass is 16.5. The number of likely N-dealkylation sites (N-methyl/N-ethyl adjacent to an activating group) is 1. The molecule has 2 N–H and O–H groups in total. The monoisotopic (exact) mass is 195 g/mol. The summed E-state index contributed by atoms with van der Waals surface area (Å²) in [7, 11) is 5.61. The number of nitrogens with zero attached hydrogens (tertiary/aromatic N) is 2. The zero-order valence-electron chi connectivity index (χ0n) is 8.90. The number of rotatable bonds is 4. The van der Waals surface area contributed by atoms with Gasteiger partial charge in [-0.15, -0.1) is 0 Å². The first-order valence-corrected chi connectivity index (χ1v) is 4.52. The van der Waals surface area contributed by atoms with Crippen LogP contribution in [-0.2, 0) is 0 Å². The molecule has 1 aromatic heterocycles. The Bertz CT molecular complexity index is 288. The Kier molecular flexibility index (Phi) is 3.85. The van der Waals surface area contributed by atoms with Gasteiger partial charge in [0.15, 0.2) is 0 Å². The van der Waals surface area contributed by atoms with Crippen molar-refractivity contribution in [2.75, 3.05) is 27.7 Å². The average molecular weight is 195 g/mol. The van der Waals surface area contributed by atoms with Crippen molar-refractivity contribution in [3.8, 4) is 5.75 Å². The van der Waals surface area contributed by atoms with Crippen LogP contribution in [0, 0.1) is 0 Å². The normalized spacial score (nSPS) is 12.9. The van der Waals surface area contributed by atoms with Crippen molar-refractivity contribution in [1.82, 2.24) is 9.88 Å². The molecule has 1 heterocycles. The highest BCUT2D eigenvalue weighted by molar-refractivity contribution is 5.25. The minimum absolute atomic E-state index is 0.0207. The summed E-state index contributed by atoms with van der Waals surface area (Å²) >= 11 is 0. The Labute approximate surface area is 84.7 Å². The van der Waals surface area contributed by atoms with Crippen LogP contribution in [0.3, 0.4) is 0 Å². The quantitative estimate of drug-likeness (QED) is 0.766. The number of methoxy groups -OCH3 is 1. The molecule has 14 heavy (non-hydrogen) atoms. The highest BCUT2D eigenvalue weighted by Gasteiger charge is 2.08. The molecule has 78 valence electrons. The number of hydrogen-bond acceptors (Lipinski definition) is 4. The Morgan fingerprint density at radius 1 is 1.50 bits per heavy atom. The lowest BCUT2D eigenvalue weighted by Gasteiger charge is -2.17. The van der Waals surface area contributed by atoms with Crippen molar-refractivity contribution >= 4 is 0 Å². The number of ether oxygens (including phenoxy) is 1. The zero-order valence-corrected chi connectivity index (χ0v) is 8.90. The van der Waals surface area contributed by atoms with E-state index in [0.717, 1.165) is 17.9 Å². The minimum atomic E-state index is -0.0207. The van der Waals surface area contributed by atoms with Crippen LogP contribution < -0.4 is 10.5 Å². The molecule has 0 bridgehead atoms. The Morgan fingerprint density at radius 3 is 2.79 bits per heavy atom. The summed E-state index contributed by atoms with van der Waals surface area (Å²) < 4.78 is 5.08. The van der Waals surface area contributed by atoms with Crippen molar-refractivity contribution in [2.45, 2.75) is 6.04 Å². The summed E-state index contributed by atoms with van der Waals surface area (Å²) in [4.78, 5) is 6.11. The second-order valence-electron chi connectivity index (χ2n) is 3.53. The number of aromatic nitrogens is 1. The number of nitrogens with two attached hydrogens (primary N) is 1. The van der Waals surface area contributed by atoms with E-state index in [1.165, 1.54) is 0 Å². The number of pyridine rings is 1. The van der Waals surface area contributed by atoms with Crippen LogP contribution in [0.15, 0.2) is 18.5 Å². The van der Waals surface area contributed by atoms with Crippen LogP contribution in [0.5, 0.6) is 5.75 Å². The molecule has 0 aliphatic carbocycles. The molecular weight excluding hydrogens is 178 g/mol. The second kappa shape index (κ2) is 4.93. The van der Waals surface area contributed by atoms with Gasteiger partial charge in [-0.05, 0) is 25.7 Å². The predicted octanol–water partition coefficient (Wildman–Crippen LogP) is 0.652. The summed E-state index contributed by atoms with van der Waals surface area (Å²) in [5.74, 6) is 0.747. The summed E-state index contributed by atoms with van der Waals surface area (Å²) in [5.41, 5.74) is 6.98. The van der Waals surface area contributed by atoms with Crippen molar-refractivity contribution in [3.63, 3.8) is 0 Å². The zero-order chi connectivity index (χ0) is 10.6. The van der Waals surface area contributed by atoms with Gasteiger partial charge >= 0.3 is 0 Å². The molecule has 0 amide bonds. The molecule has 0 fully saturated rings. The number of hydrogen-bond donors (Lipinski definition) is 1. The molecule has 1 unspecified atom stereocenters. The lowest BCUT2D eigenvalue weighted by Crippen LogP contribution is -2.26. The maximum absolute atomic E-state index is 5.98. The molecule has 4 nitrogen and oxygen atoms in total. The standard InChI is InChI=1S/C10H17N3O/c1-13(2)7-10(11)8-4-9(14-3)6-12-5-8/h4-6,10H,7,11H2,1-3H3. The fourth-order valence-electron chi connectivity index (χ4n) is 1.25. The van der Waals surface area contributed by atoms with E-state index in [2.05, 4.69) is 4.98 Å². The SMILES string of the molecule is COc1cncc(C(N)CN(C)C)c1. The molecule has 0 aromatic carbocycles. The molecule has 0 saturated carbocycles. The smallest absolute Gasteiger partial charge is 0.137 e. The third kappa shape index (κ3) is 2.97. The van der Waals surface area contributed by atoms with Gasteiger partial charge in [0, 0.05) is 18.8 Å². The minimum Gasteiger partial charge on any atom is -0.495 e. The van der Waals surface area contributed by atoms with Gasteiger partial charge in [-0.1, -0.05) is 0 Å². The maximum Gasteiger partial charge on any atom is 0.137 e. The third-order valence-corrected chi connectivity index (χ3v) is 1.96. The molecule has 0 radical (unpaired) electrons. The molecule has 0 aliphatic rings. The predicted molar refractivity (Wildman–Crippen MR) is 56.3 cm³/mol. The van der Waals surface area contributed by atoms with Crippen molar-refractivity contribution in [2.24, 2.45) is 5.73 Å². The van der Waals surface area contributed by atoms with Crippen molar-refractivity contribution in [1.29, 1.82) is 0 Å². The summed E-state index contributed by atoms with van der Waals surface area (Å²) in [6, 6.07) is 1.90. The lowest BCUT2D eigenvalue weighted by molar-refractivity contribution is 0.374. The molecule has 1 rings (SSSR count). The largest absolute Gasteiger partial charge is 0.495 e. The maximum atomic E-state index is 5.98. The van der Waals surface area contributed by atoms with E-state index in [-0.39, 0.29) is 6.04 Å². The molecule has 4 heteroatoms. The fraction of sp³-hybridized carbons (Fsp3) is 0.500. The fourth-order valence-corrected chi connectivity index (χ4v) is 1.25. The molecule has 1 atom stereocenters. The van der Waals surface area contributed by atoms with E-state index < -0.39 is 0 Å². The first-order chi connectivity index (χ1) is 6.63. The van der Waals surface area contributed by atoms with Gasteiger partial charge in [0.1, 0.15) is 5.75 Å². The van der Waals surface area contributed by atoms with Gasteiger partial charge in [-0.2, -0.15) is 0 Å². The van der Waals surface area contributed by atoms with Crippen molar-refractivity contribution in [3.05, 3.63) is 24.0 Å². The summed E-state index contributed by atoms with van der Waals surface area (Å²) in [6.07, 6.45) is 3.45. The van der Waals surface area contributed by atoms with Crippen LogP contribution in [0.2, 0.25) is 0 Å². The van der Waals surface area contributed by atoms with E-state index >= 15 is 0 Å². The molecule has 0 saturated heterocycles. The van der Waals surface area contributed by atoms with Gasteiger partial charge in [-0.3, -0.25) is 4.98 Å². The van der Waals surface area contributed by atoms with E-state index in [9.17, 15) is 0 Å². The topological polar surface area (TPSA) is 51.4 Å². The molecule has 0 spiro atoms. The van der Waals surface area contributed by atoms with Gasteiger partial charge in [0.05, 0.1) is 13.3 Å². The lowest BCUT2D eigenvalue weighted by atomic mass is 10.1. The Balaban J connectivity index is 2.73. The molecular formula is C10H17N3O. The Hall–Kier alpha value is -1.13. The Morgan fingerprint density at radius 2 is 2.21 bits per heavy atom. The highest BCUT2D eigenvalue weighted by Crippen LogP contribution is 2.15. The van der Waals surface area contributed by atoms with Gasteiger partial charge in [0.25, 0.3) is 0 Å². The molecule has 0 aliphatic heterocycles. The second-order valence-corrected chi connectivity index (χ2v) is 3.53. The first-order valence-electron chi connectivity index (χ1n) is 4.52. The third-order valence-electron chi connectivity index (χ3n) is 1.96. The van der Waals surface area contributed by atoms with Crippen LogP contribution in [0.4, 0.5) is 0 Å². The van der Waals surface area contributed by atoms with Crippen LogP contribution in [-0.4, -0.2) is 37.6 Å². The van der Waals surface area contributed by atoms with Crippen LogP contribution in [0.25, 0.3) is 0 Å². The summed E-state index contributed by atoms with van der Waals surface area (Å²) in [6.45, 7) is 0.800. The molecule has 1 aromatic rings. The van der Waals surface area contributed by atoms with Gasteiger partial charge in [0.2, 0.25) is 0 Å². The van der Waals surface area contributed by atoms with Crippen molar-refractivity contribution < 1.29 is 4.74 Å². The first kappa shape index (κ1) is 10.9. The van der Waals surface area contributed by atoms with Crippen LogP contribution >= 0.6 is 0 Å². The van der Waals surface area contributed by atoms with Crippen LogP contribution in [0.1, 0.15) is 11.6 Å². The van der Waals surface area contributed by atoms with E-state index in [1.807, 2.05) is 25.1 Å². The van der Waals surface area contributed by atoms with Gasteiger partial charge < -0.3 is 15.4 Å². The summed E-state index contributed by atoms with van der Waals surface area (Å²) in [5, 5.41) is 0. The average Bonchev–Trinajstić information content (AvgIpc) is 2.17.